The first-order valence-corrected chi connectivity index (χ1v) is 9.20. The first-order chi connectivity index (χ1) is 10.8. The first kappa shape index (κ1) is 18.0. The fraction of sp³-hybridized carbons (Fsp3) is 0.667. The molecular weight excluding hydrogens is 306 g/mol. The molecule has 1 aliphatic heterocycles. The van der Waals surface area contributed by atoms with Gasteiger partial charge < -0.3 is 9.80 Å². The molecule has 128 valence electrons. The van der Waals surface area contributed by atoms with Gasteiger partial charge in [-0.3, -0.25) is 4.79 Å². The standard InChI is InChI=1S/C18H29N3OS/c1-14(2)7-6-9-18(3)10-8-16(22)21(13-18)11-15-12-23-17(19-15)20(4)5/h7,12H,6,8-11,13H2,1-5H3/t18-/m1/s1. The van der Waals surface area contributed by atoms with Gasteiger partial charge in [0.05, 0.1) is 12.2 Å². The lowest BCUT2D eigenvalue weighted by Crippen LogP contribution is -2.44. The van der Waals surface area contributed by atoms with Crippen LogP contribution in [-0.2, 0) is 11.3 Å². The molecule has 0 aliphatic carbocycles. The molecule has 0 spiro atoms. The number of carbonyl (C=O) groups is 1. The maximum absolute atomic E-state index is 12.3. The van der Waals surface area contributed by atoms with Crippen LogP contribution in [0.5, 0.6) is 0 Å². The van der Waals surface area contributed by atoms with Gasteiger partial charge in [0.2, 0.25) is 5.91 Å². The van der Waals surface area contributed by atoms with E-state index in [9.17, 15) is 4.79 Å². The number of anilines is 1. The minimum Gasteiger partial charge on any atom is -0.354 e. The van der Waals surface area contributed by atoms with Gasteiger partial charge in [0.1, 0.15) is 0 Å². The highest BCUT2D eigenvalue weighted by Crippen LogP contribution is 2.35. The normalized spacial score (nSPS) is 21.4. The topological polar surface area (TPSA) is 36.4 Å². The van der Waals surface area contributed by atoms with Crippen molar-refractivity contribution in [3.63, 3.8) is 0 Å². The lowest BCUT2D eigenvalue weighted by Gasteiger charge is -2.40. The Kier molecular flexibility index (Phi) is 5.84. The fourth-order valence-electron chi connectivity index (χ4n) is 3.02. The zero-order valence-corrected chi connectivity index (χ0v) is 15.9. The minimum atomic E-state index is 0.222. The van der Waals surface area contributed by atoms with Gasteiger partial charge in [0.25, 0.3) is 0 Å². The molecule has 1 aromatic rings. The highest BCUT2D eigenvalue weighted by atomic mass is 32.1. The van der Waals surface area contributed by atoms with Crippen molar-refractivity contribution in [1.29, 1.82) is 0 Å². The summed E-state index contributed by atoms with van der Waals surface area (Å²) in [6, 6.07) is 0. The Morgan fingerprint density at radius 3 is 2.83 bits per heavy atom. The second-order valence-corrected chi connectivity index (χ2v) is 8.23. The SMILES string of the molecule is CC(C)=CCC[C@]1(C)CCC(=O)N(Cc2csc(N(C)C)n2)C1. The molecule has 0 radical (unpaired) electrons. The van der Waals surface area contributed by atoms with Crippen molar-refractivity contribution < 1.29 is 4.79 Å². The Morgan fingerprint density at radius 1 is 1.48 bits per heavy atom. The van der Waals surface area contributed by atoms with E-state index in [4.69, 9.17) is 0 Å². The van der Waals surface area contributed by atoms with Crippen LogP contribution in [0.1, 0.15) is 52.1 Å². The van der Waals surface area contributed by atoms with E-state index in [1.54, 1.807) is 11.3 Å². The number of allylic oxidation sites excluding steroid dienone is 2. The van der Waals surface area contributed by atoms with Crippen LogP contribution in [0.25, 0.3) is 0 Å². The monoisotopic (exact) mass is 335 g/mol. The van der Waals surface area contributed by atoms with Crippen molar-refractivity contribution in [2.75, 3.05) is 25.5 Å². The zero-order chi connectivity index (χ0) is 17.0. The van der Waals surface area contributed by atoms with Crippen molar-refractivity contribution in [3.05, 3.63) is 22.7 Å². The van der Waals surface area contributed by atoms with Crippen LogP contribution in [-0.4, -0.2) is 36.4 Å². The van der Waals surface area contributed by atoms with Crippen molar-refractivity contribution in [1.82, 2.24) is 9.88 Å². The van der Waals surface area contributed by atoms with Crippen LogP contribution in [0.2, 0.25) is 0 Å². The third-order valence-corrected chi connectivity index (χ3v) is 5.50. The number of thiazole rings is 1. The van der Waals surface area contributed by atoms with Gasteiger partial charge in [-0.05, 0) is 38.5 Å². The number of likely N-dealkylation sites (tertiary alicyclic amines) is 1. The van der Waals surface area contributed by atoms with E-state index in [2.05, 4.69) is 37.2 Å². The molecule has 0 unspecified atom stereocenters. The van der Waals surface area contributed by atoms with Gasteiger partial charge in [-0.2, -0.15) is 0 Å². The summed E-state index contributed by atoms with van der Waals surface area (Å²) in [7, 11) is 3.99. The second kappa shape index (κ2) is 7.47. The van der Waals surface area contributed by atoms with Crippen LogP contribution in [0.15, 0.2) is 17.0 Å². The number of amides is 1. The Labute approximate surface area is 144 Å². The van der Waals surface area contributed by atoms with E-state index >= 15 is 0 Å². The number of piperidine rings is 1. The summed E-state index contributed by atoms with van der Waals surface area (Å²) < 4.78 is 0. The van der Waals surface area contributed by atoms with E-state index in [1.165, 1.54) is 5.57 Å². The molecule has 1 amide bonds. The second-order valence-electron chi connectivity index (χ2n) is 7.40. The van der Waals surface area contributed by atoms with Crippen LogP contribution >= 0.6 is 11.3 Å². The minimum absolute atomic E-state index is 0.222. The molecule has 2 rings (SSSR count). The quantitative estimate of drug-likeness (QED) is 0.735. The highest BCUT2D eigenvalue weighted by molar-refractivity contribution is 7.13. The number of hydrogen-bond donors (Lipinski definition) is 0. The summed E-state index contributed by atoms with van der Waals surface area (Å²) >= 11 is 1.63. The summed E-state index contributed by atoms with van der Waals surface area (Å²) in [6.45, 7) is 8.09. The van der Waals surface area contributed by atoms with Crippen molar-refractivity contribution in [2.24, 2.45) is 5.41 Å². The van der Waals surface area contributed by atoms with Crippen molar-refractivity contribution in [2.45, 2.75) is 53.0 Å². The highest BCUT2D eigenvalue weighted by Gasteiger charge is 2.34. The summed E-state index contributed by atoms with van der Waals surface area (Å²) in [4.78, 5) is 20.9. The molecule has 1 atom stereocenters. The van der Waals surface area contributed by atoms with Crippen molar-refractivity contribution >= 4 is 22.4 Å². The van der Waals surface area contributed by atoms with Gasteiger partial charge in [-0.1, -0.05) is 18.6 Å². The van der Waals surface area contributed by atoms with Gasteiger partial charge in [-0.15, -0.1) is 11.3 Å². The van der Waals surface area contributed by atoms with Crippen LogP contribution in [0.3, 0.4) is 0 Å². The van der Waals surface area contributed by atoms with Gasteiger partial charge in [-0.25, -0.2) is 4.98 Å². The lowest BCUT2D eigenvalue weighted by atomic mass is 9.77. The first-order valence-electron chi connectivity index (χ1n) is 8.32. The lowest BCUT2D eigenvalue weighted by molar-refractivity contribution is -0.138. The molecule has 1 aromatic heterocycles. The molecule has 0 aromatic carbocycles. The van der Waals surface area contributed by atoms with E-state index in [0.29, 0.717) is 13.0 Å². The Hall–Kier alpha value is -1.36. The van der Waals surface area contributed by atoms with Gasteiger partial charge in [0, 0.05) is 32.4 Å². The molecule has 0 saturated carbocycles. The Bertz CT molecular complexity index is 575. The Morgan fingerprint density at radius 2 is 2.22 bits per heavy atom. The van der Waals surface area contributed by atoms with E-state index < -0.39 is 0 Å². The number of hydrogen-bond acceptors (Lipinski definition) is 4. The van der Waals surface area contributed by atoms with Crippen molar-refractivity contribution in [3.8, 4) is 0 Å². The fourth-order valence-corrected chi connectivity index (χ4v) is 3.77. The van der Waals surface area contributed by atoms with E-state index in [0.717, 1.165) is 36.6 Å². The van der Waals surface area contributed by atoms with E-state index in [-0.39, 0.29) is 11.3 Å². The summed E-state index contributed by atoms with van der Waals surface area (Å²) in [6.07, 6.45) is 6.20. The third-order valence-electron chi connectivity index (χ3n) is 4.44. The molecule has 0 bridgehead atoms. The Balaban J connectivity index is 1.99. The predicted molar refractivity (Wildman–Crippen MR) is 97.9 cm³/mol. The number of nitrogens with zero attached hydrogens (tertiary/aromatic N) is 3. The summed E-state index contributed by atoms with van der Waals surface area (Å²) in [5, 5.41) is 3.06. The summed E-state index contributed by atoms with van der Waals surface area (Å²) in [5.74, 6) is 0.268. The summed E-state index contributed by atoms with van der Waals surface area (Å²) in [5.41, 5.74) is 2.59. The number of carbonyl (C=O) groups excluding carboxylic acids is 1. The number of rotatable bonds is 6. The van der Waals surface area contributed by atoms with E-state index in [1.807, 2.05) is 23.9 Å². The van der Waals surface area contributed by atoms with Crippen LogP contribution in [0, 0.1) is 5.41 Å². The molecular formula is C18H29N3OS. The largest absolute Gasteiger partial charge is 0.354 e. The molecule has 1 saturated heterocycles. The maximum atomic E-state index is 12.3. The third kappa shape index (κ3) is 5.06. The molecule has 2 heterocycles. The maximum Gasteiger partial charge on any atom is 0.222 e. The molecule has 0 N–H and O–H groups in total. The van der Waals surface area contributed by atoms with Gasteiger partial charge >= 0.3 is 0 Å². The van der Waals surface area contributed by atoms with Crippen LogP contribution in [0.4, 0.5) is 5.13 Å². The molecule has 5 heteroatoms. The zero-order valence-electron chi connectivity index (χ0n) is 15.1. The predicted octanol–water partition coefficient (Wildman–Crippen LogP) is 4.08. The molecule has 1 fully saturated rings. The average molecular weight is 336 g/mol. The molecule has 4 nitrogen and oxygen atoms in total. The molecule has 1 aliphatic rings. The van der Waals surface area contributed by atoms with Gasteiger partial charge in [0.15, 0.2) is 5.13 Å². The van der Waals surface area contributed by atoms with Crippen LogP contribution < -0.4 is 4.90 Å². The average Bonchev–Trinajstić information content (AvgIpc) is 2.91. The molecule has 23 heavy (non-hydrogen) atoms. The smallest absolute Gasteiger partial charge is 0.222 e. The number of aromatic nitrogens is 1.